The maximum absolute atomic E-state index is 11.5. The minimum absolute atomic E-state index is 0. The predicted molar refractivity (Wildman–Crippen MR) is 115 cm³/mol. The zero-order chi connectivity index (χ0) is 18.2. The number of carbonyl (C=O) groups is 2. The number of hydrogen-bond donors (Lipinski definition) is 2. The summed E-state index contributed by atoms with van der Waals surface area (Å²) in [5.41, 5.74) is 1.81. The molecule has 0 bridgehead atoms. The predicted octanol–water partition coefficient (Wildman–Crippen LogP) is 1.89. The maximum atomic E-state index is 11.5. The van der Waals surface area contributed by atoms with Crippen molar-refractivity contribution in [2.75, 3.05) is 38.0 Å². The smallest absolute Gasteiger partial charge is 0.221 e. The molecule has 2 amide bonds. The third-order valence-corrected chi connectivity index (χ3v) is 4.02. The molecule has 0 radical (unpaired) electrons. The molecule has 1 heterocycles. The van der Waals surface area contributed by atoms with Gasteiger partial charge in [0.15, 0.2) is 5.96 Å². The number of carbonyl (C=O) groups excluding carboxylic acids is 2. The van der Waals surface area contributed by atoms with E-state index in [0.717, 1.165) is 49.9 Å². The van der Waals surface area contributed by atoms with Gasteiger partial charge in [0.25, 0.3) is 0 Å². The molecule has 2 rings (SSSR count). The summed E-state index contributed by atoms with van der Waals surface area (Å²) in [5.74, 6) is 0.893. The third-order valence-electron chi connectivity index (χ3n) is 4.02. The molecule has 1 aliphatic rings. The summed E-state index contributed by atoms with van der Waals surface area (Å²) in [6.45, 7) is 9.45. The first-order valence-corrected chi connectivity index (χ1v) is 8.65. The monoisotopic (exact) mass is 473 g/mol. The van der Waals surface area contributed by atoms with E-state index in [2.05, 4.69) is 15.5 Å². The van der Waals surface area contributed by atoms with Crippen LogP contribution in [0, 0.1) is 0 Å². The molecule has 1 aromatic carbocycles. The summed E-state index contributed by atoms with van der Waals surface area (Å²) >= 11 is 0. The van der Waals surface area contributed by atoms with Crippen molar-refractivity contribution >= 4 is 47.4 Å². The second-order valence-electron chi connectivity index (χ2n) is 6.04. The summed E-state index contributed by atoms with van der Waals surface area (Å²) in [5, 5.41) is 6.10. The van der Waals surface area contributed by atoms with Crippen molar-refractivity contribution in [3.8, 4) is 0 Å². The van der Waals surface area contributed by atoms with Crippen LogP contribution >= 0.6 is 24.0 Å². The average molecular weight is 473 g/mol. The molecule has 0 saturated carbocycles. The molecule has 7 nitrogen and oxygen atoms in total. The Morgan fingerprint density at radius 3 is 2.35 bits per heavy atom. The first-order chi connectivity index (χ1) is 12.0. The number of nitrogens with zero attached hydrogens (tertiary/aromatic N) is 3. The highest BCUT2D eigenvalue weighted by Crippen LogP contribution is 2.12. The van der Waals surface area contributed by atoms with Crippen LogP contribution in [0.4, 0.5) is 5.69 Å². The molecule has 1 aromatic rings. The van der Waals surface area contributed by atoms with E-state index in [4.69, 9.17) is 4.99 Å². The Labute approximate surface area is 172 Å². The fourth-order valence-corrected chi connectivity index (χ4v) is 2.78. The van der Waals surface area contributed by atoms with E-state index in [9.17, 15) is 9.59 Å². The molecule has 0 unspecified atom stereocenters. The Kier molecular flexibility index (Phi) is 9.39. The topological polar surface area (TPSA) is 77.0 Å². The number of anilines is 1. The van der Waals surface area contributed by atoms with E-state index in [1.165, 1.54) is 6.92 Å². The van der Waals surface area contributed by atoms with Crippen LogP contribution < -0.4 is 10.6 Å². The van der Waals surface area contributed by atoms with Gasteiger partial charge in [-0.15, -0.1) is 24.0 Å². The average Bonchev–Trinajstić information content (AvgIpc) is 2.58. The molecule has 8 heteroatoms. The lowest BCUT2D eigenvalue weighted by Crippen LogP contribution is -2.53. The van der Waals surface area contributed by atoms with Crippen LogP contribution in [0.25, 0.3) is 0 Å². The number of rotatable bonds is 4. The highest BCUT2D eigenvalue weighted by Gasteiger charge is 2.20. The van der Waals surface area contributed by atoms with Crippen molar-refractivity contribution in [1.29, 1.82) is 0 Å². The van der Waals surface area contributed by atoms with E-state index in [-0.39, 0.29) is 35.8 Å². The largest absolute Gasteiger partial charge is 0.357 e. The second kappa shape index (κ2) is 11.0. The number of piperazine rings is 1. The first kappa shape index (κ1) is 22.2. The summed E-state index contributed by atoms with van der Waals surface area (Å²) in [7, 11) is 0. The zero-order valence-corrected chi connectivity index (χ0v) is 17.9. The van der Waals surface area contributed by atoms with Gasteiger partial charge in [-0.05, 0) is 24.6 Å². The molecule has 2 N–H and O–H groups in total. The molecule has 0 spiro atoms. The summed E-state index contributed by atoms with van der Waals surface area (Å²) in [6, 6.07) is 7.70. The fraction of sp³-hybridized carbons (Fsp3) is 0.500. The van der Waals surface area contributed by atoms with Gasteiger partial charge in [-0.3, -0.25) is 9.59 Å². The van der Waals surface area contributed by atoms with Crippen molar-refractivity contribution in [1.82, 2.24) is 15.1 Å². The molecule has 26 heavy (non-hydrogen) atoms. The van der Waals surface area contributed by atoms with Crippen molar-refractivity contribution in [2.24, 2.45) is 4.99 Å². The second-order valence-corrected chi connectivity index (χ2v) is 6.04. The van der Waals surface area contributed by atoms with Crippen LogP contribution in [0.1, 0.15) is 26.3 Å². The summed E-state index contributed by atoms with van der Waals surface area (Å²) in [4.78, 5) is 31.4. The maximum Gasteiger partial charge on any atom is 0.221 e. The molecule has 1 saturated heterocycles. The van der Waals surface area contributed by atoms with Gasteiger partial charge in [0.2, 0.25) is 11.8 Å². The zero-order valence-electron chi connectivity index (χ0n) is 15.6. The Morgan fingerprint density at radius 1 is 1.12 bits per heavy atom. The minimum Gasteiger partial charge on any atom is -0.357 e. The summed E-state index contributed by atoms with van der Waals surface area (Å²) < 4.78 is 0. The molecule has 1 fully saturated rings. The quantitative estimate of drug-likeness (QED) is 0.398. The highest BCUT2D eigenvalue weighted by atomic mass is 127. The van der Waals surface area contributed by atoms with E-state index in [1.54, 1.807) is 6.92 Å². The van der Waals surface area contributed by atoms with Crippen LogP contribution in [0.5, 0.6) is 0 Å². The number of amides is 2. The number of aliphatic imine (C=N–C) groups is 1. The normalized spacial score (nSPS) is 14.5. The molecule has 0 aliphatic carbocycles. The highest BCUT2D eigenvalue weighted by molar-refractivity contribution is 14.0. The van der Waals surface area contributed by atoms with Gasteiger partial charge in [-0.25, -0.2) is 4.99 Å². The van der Waals surface area contributed by atoms with Gasteiger partial charge in [-0.2, -0.15) is 0 Å². The van der Waals surface area contributed by atoms with Gasteiger partial charge in [-0.1, -0.05) is 12.1 Å². The Bertz CT molecular complexity index is 642. The van der Waals surface area contributed by atoms with Crippen molar-refractivity contribution in [3.05, 3.63) is 29.8 Å². The van der Waals surface area contributed by atoms with Gasteiger partial charge in [0, 0.05) is 52.3 Å². The van der Waals surface area contributed by atoms with Crippen LogP contribution in [-0.2, 0) is 16.1 Å². The van der Waals surface area contributed by atoms with Gasteiger partial charge < -0.3 is 20.4 Å². The molecule has 144 valence electrons. The lowest BCUT2D eigenvalue weighted by Gasteiger charge is -2.36. The number of nitrogens with one attached hydrogen (secondary N) is 2. The van der Waals surface area contributed by atoms with Crippen LogP contribution in [0.2, 0.25) is 0 Å². The molecule has 0 aromatic heterocycles. The third kappa shape index (κ3) is 6.81. The van der Waals surface area contributed by atoms with E-state index in [0.29, 0.717) is 6.54 Å². The Morgan fingerprint density at radius 2 is 1.77 bits per heavy atom. The van der Waals surface area contributed by atoms with Gasteiger partial charge in [0.1, 0.15) is 0 Å². The van der Waals surface area contributed by atoms with E-state index >= 15 is 0 Å². The first-order valence-electron chi connectivity index (χ1n) is 8.65. The van der Waals surface area contributed by atoms with Crippen LogP contribution in [-0.4, -0.2) is 60.3 Å². The molecule has 0 atom stereocenters. The Balaban J connectivity index is 0.00000338. The van der Waals surface area contributed by atoms with Gasteiger partial charge >= 0.3 is 0 Å². The number of hydrogen-bond acceptors (Lipinski definition) is 3. The number of halogens is 1. The van der Waals surface area contributed by atoms with Gasteiger partial charge in [0.05, 0.1) is 6.54 Å². The van der Waals surface area contributed by atoms with Crippen molar-refractivity contribution in [3.63, 3.8) is 0 Å². The fourth-order valence-electron chi connectivity index (χ4n) is 2.78. The van der Waals surface area contributed by atoms with E-state index < -0.39 is 0 Å². The standard InChI is InChI=1S/C18H27N5O2.HI/c1-4-19-18(23-10-8-22(9-11-23)15(3)25)20-13-16-6-5-7-17(12-16)21-14(2)24;/h5-7,12H,4,8-11,13H2,1-3H3,(H,19,20)(H,21,24);1H. The molecular formula is C18H28IN5O2. The molecule has 1 aliphatic heterocycles. The summed E-state index contributed by atoms with van der Waals surface area (Å²) in [6.07, 6.45) is 0. The minimum atomic E-state index is -0.0858. The SMILES string of the molecule is CCNC(=NCc1cccc(NC(C)=O)c1)N1CCN(C(C)=O)CC1.I. The lowest BCUT2D eigenvalue weighted by molar-refractivity contribution is -0.130. The Hall–Kier alpha value is -1.84. The van der Waals surface area contributed by atoms with Crippen molar-refractivity contribution in [2.45, 2.75) is 27.3 Å². The lowest BCUT2D eigenvalue weighted by atomic mass is 10.2. The van der Waals surface area contributed by atoms with Crippen LogP contribution in [0.3, 0.4) is 0 Å². The van der Waals surface area contributed by atoms with E-state index in [1.807, 2.05) is 36.1 Å². The molecular weight excluding hydrogens is 445 g/mol. The number of benzene rings is 1. The van der Waals surface area contributed by atoms with Crippen LogP contribution in [0.15, 0.2) is 29.3 Å². The van der Waals surface area contributed by atoms with Crippen molar-refractivity contribution < 1.29 is 9.59 Å². The number of guanidine groups is 1.